The van der Waals surface area contributed by atoms with Gasteiger partial charge in [0, 0.05) is 12.6 Å². The van der Waals surface area contributed by atoms with Crippen LogP contribution in [0.1, 0.15) is 37.3 Å². The van der Waals surface area contributed by atoms with E-state index in [4.69, 9.17) is 10.5 Å². The van der Waals surface area contributed by atoms with Crippen LogP contribution in [0.4, 0.5) is 0 Å². The lowest BCUT2D eigenvalue weighted by Crippen LogP contribution is -2.22. The number of fused-ring (bicyclic) bond motifs is 1. The molecule has 1 heterocycles. The van der Waals surface area contributed by atoms with Crippen LogP contribution in [-0.4, -0.2) is 31.1 Å². The van der Waals surface area contributed by atoms with Gasteiger partial charge in [0.2, 0.25) is 0 Å². The minimum atomic E-state index is 0.314. The Kier molecular flexibility index (Phi) is 5.23. The van der Waals surface area contributed by atoms with Crippen LogP contribution < -0.4 is 10.5 Å². The van der Waals surface area contributed by atoms with E-state index in [1.807, 2.05) is 0 Å². The maximum atomic E-state index is 5.78. The van der Waals surface area contributed by atoms with Gasteiger partial charge in [-0.25, -0.2) is 0 Å². The molecule has 0 saturated carbocycles. The Balaban J connectivity index is 1.85. The van der Waals surface area contributed by atoms with E-state index in [-0.39, 0.29) is 0 Å². The molecule has 106 valence electrons. The first-order valence-corrected chi connectivity index (χ1v) is 7.34. The Morgan fingerprint density at radius 2 is 2.26 bits per heavy atom. The third-order valence-electron chi connectivity index (χ3n) is 3.62. The van der Waals surface area contributed by atoms with Crippen molar-refractivity contribution in [3.05, 3.63) is 29.3 Å². The van der Waals surface area contributed by atoms with Gasteiger partial charge in [-0.2, -0.15) is 0 Å². The summed E-state index contributed by atoms with van der Waals surface area (Å²) in [5.74, 6) is 1.08. The SMILES string of the molecule is CC(N)CCCN(C)Cc1ccc2c(c1)CCCO2. The van der Waals surface area contributed by atoms with Crippen LogP contribution in [0.2, 0.25) is 0 Å². The monoisotopic (exact) mass is 262 g/mol. The Morgan fingerprint density at radius 3 is 3.05 bits per heavy atom. The minimum absolute atomic E-state index is 0.314. The van der Waals surface area contributed by atoms with Gasteiger partial charge in [0.25, 0.3) is 0 Å². The lowest BCUT2D eigenvalue weighted by Gasteiger charge is -2.21. The van der Waals surface area contributed by atoms with Crippen molar-refractivity contribution in [1.82, 2.24) is 4.90 Å². The number of ether oxygens (including phenoxy) is 1. The maximum Gasteiger partial charge on any atom is 0.122 e. The van der Waals surface area contributed by atoms with Crippen molar-refractivity contribution < 1.29 is 4.74 Å². The smallest absolute Gasteiger partial charge is 0.122 e. The largest absolute Gasteiger partial charge is 0.493 e. The van der Waals surface area contributed by atoms with Crippen LogP contribution >= 0.6 is 0 Å². The summed E-state index contributed by atoms with van der Waals surface area (Å²) in [6, 6.07) is 6.93. The van der Waals surface area contributed by atoms with E-state index >= 15 is 0 Å². The highest BCUT2D eigenvalue weighted by molar-refractivity contribution is 5.38. The topological polar surface area (TPSA) is 38.5 Å². The number of benzene rings is 1. The fourth-order valence-corrected chi connectivity index (χ4v) is 2.59. The van der Waals surface area contributed by atoms with Gasteiger partial charge in [0.1, 0.15) is 5.75 Å². The standard InChI is InChI=1S/C16H26N2O/c1-13(17)5-3-9-18(2)12-14-7-8-16-15(11-14)6-4-10-19-16/h7-8,11,13H,3-6,9-10,12,17H2,1-2H3. The van der Waals surface area contributed by atoms with Crippen molar-refractivity contribution in [2.45, 2.75) is 45.2 Å². The van der Waals surface area contributed by atoms with E-state index in [0.29, 0.717) is 6.04 Å². The molecule has 1 aliphatic rings. The maximum absolute atomic E-state index is 5.78. The minimum Gasteiger partial charge on any atom is -0.493 e. The highest BCUT2D eigenvalue weighted by Crippen LogP contribution is 2.25. The molecule has 1 aromatic carbocycles. The van der Waals surface area contributed by atoms with Gasteiger partial charge >= 0.3 is 0 Å². The highest BCUT2D eigenvalue weighted by Gasteiger charge is 2.11. The van der Waals surface area contributed by atoms with Gasteiger partial charge in [-0.1, -0.05) is 12.1 Å². The zero-order valence-electron chi connectivity index (χ0n) is 12.2. The third-order valence-corrected chi connectivity index (χ3v) is 3.62. The molecule has 0 radical (unpaired) electrons. The number of nitrogens with zero attached hydrogens (tertiary/aromatic N) is 1. The molecule has 19 heavy (non-hydrogen) atoms. The van der Waals surface area contributed by atoms with Crippen LogP contribution in [0, 0.1) is 0 Å². The van der Waals surface area contributed by atoms with Crippen LogP contribution in [0.5, 0.6) is 5.75 Å². The first-order chi connectivity index (χ1) is 9.15. The molecule has 1 unspecified atom stereocenters. The molecule has 0 aliphatic carbocycles. The molecule has 1 atom stereocenters. The third kappa shape index (κ3) is 4.51. The van der Waals surface area contributed by atoms with Gasteiger partial charge in [0.15, 0.2) is 0 Å². The van der Waals surface area contributed by atoms with Gasteiger partial charge in [-0.3, -0.25) is 0 Å². The zero-order chi connectivity index (χ0) is 13.7. The van der Waals surface area contributed by atoms with E-state index in [1.165, 1.54) is 17.5 Å². The second kappa shape index (κ2) is 6.92. The van der Waals surface area contributed by atoms with Crippen LogP contribution in [0.25, 0.3) is 0 Å². The molecular formula is C16H26N2O. The van der Waals surface area contributed by atoms with Crippen molar-refractivity contribution in [1.29, 1.82) is 0 Å². The van der Waals surface area contributed by atoms with Crippen LogP contribution in [0.3, 0.4) is 0 Å². The zero-order valence-corrected chi connectivity index (χ0v) is 12.2. The molecule has 3 heteroatoms. The number of aryl methyl sites for hydroxylation is 1. The summed E-state index contributed by atoms with van der Waals surface area (Å²) in [6.07, 6.45) is 4.56. The lowest BCUT2D eigenvalue weighted by molar-refractivity contribution is 0.287. The second-order valence-electron chi connectivity index (χ2n) is 5.75. The van der Waals surface area contributed by atoms with Gasteiger partial charge in [-0.15, -0.1) is 0 Å². The predicted octanol–water partition coefficient (Wildman–Crippen LogP) is 2.57. The molecule has 1 aliphatic heterocycles. The molecule has 0 spiro atoms. The Morgan fingerprint density at radius 1 is 1.42 bits per heavy atom. The molecular weight excluding hydrogens is 236 g/mol. The number of nitrogens with two attached hydrogens (primary N) is 1. The Bertz CT molecular complexity index is 404. The second-order valence-corrected chi connectivity index (χ2v) is 5.75. The van der Waals surface area contributed by atoms with Crippen molar-refractivity contribution >= 4 is 0 Å². The van der Waals surface area contributed by atoms with Gasteiger partial charge in [0.05, 0.1) is 6.61 Å². The fourth-order valence-electron chi connectivity index (χ4n) is 2.59. The van der Waals surface area contributed by atoms with Crippen molar-refractivity contribution in [2.75, 3.05) is 20.2 Å². The normalized spacial score (nSPS) is 16.0. The van der Waals surface area contributed by atoms with E-state index in [1.54, 1.807) is 0 Å². The quantitative estimate of drug-likeness (QED) is 0.856. The summed E-state index contributed by atoms with van der Waals surface area (Å²) in [6.45, 7) is 5.05. The predicted molar refractivity (Wildman–Crippen MR) is 79.5 cm³/mol. The molecule has 1 aromatic rings. The Labute approximate surface area is 116 Å². The number of hydrogen-bond donors (Lipinski definition) is 1. The number of rotatable bonds is 6. The molecule has 2 rings (SSSR count). The molecule has 0 saturated heterocycles. The highest BCUT2D eigenvalue weighted by atomic mass is 16.5. The lowest BCUT2D eigenvalue weighted by atomic mass is 10.0. The average molecular weight is 262 g/mol. The molecule has 3 nitrogen and oxygen atoms in total. The van der Waals surface area contributed by atoms with E-state index in [2.05, 4.69) is 37.1 Å². The van der Waals surface area contributed by atoms with Crippen LogP contribution in [-0.2, 0) is 13.0 Å². The Hall–Kier alpha value is -1.06. The van der Waals surface area contributed by atoms with Crippen molar-refractivity contribution in [3.8, 4) is 5.75 Å². The van der Waals surface area contributed by atoms with Crippen molar-refractivity contribution in [2.24, 2.45) is 5.73 Å². The first kappa shape index (κ1) is 14.4. The van der Waals surface area contributed by atoms with Crippen LogP contribution in [0.15, 0.2) is 18.2 Å². The molecule has 0 bridgehead atoms. The summed E-state index contributed by atoms with van der Waals surface area (Å²) in [5.41, 5.74) is 8.53. The molecule has 0 aromatic heterocycles. The van der Waals surface area contributed by atoms with E-state index in [9.17, 15) is 0 Å². The summed E-state index contributed by atoms with van der Waals surface area (Å²) in [5, 5.41) is 0. The molecule has 0 amide bonds. The van der Waals surface area contributed by atoms with E-state index in [0.717, 1.165) is 44.7 Å². The molecule has 0 fully saturated rings. The van der Waals surface area contributed by atoms with Crippen molar-refractivity contribution in [3.63, 3.8) is 0 Å². The summed E-state index contributed by atoms with van der Waals surface area (Å²) in [4.78, 5) is 2.37. The molecule has 2 N–H and O–H groups in total. The average Bonchev–Trinajstić information content (AvgIpc) is 2.38. The summed E-state index contributed by atoms with van der Waals surface area (Å²) in [7, 11) is 2.18. The van der Waals surface area contributed by atoms with E-state index < -0.39 is 0 Å². The van der Waals surface area contributed by atoms with Gasteiger partial charge < -0.3 is 15.4 Å². The summed E-state index contributed by atoms with van der Waals surface area (Å²) < 4.78 is 5.65. The number of hydrogen-bond acceptors (Lipinski definition) is 3. The fraction of sp³-hybridized carbons (Fsp3) is 0.625. The first-order valence-electron chi connectivity index (χ1n) is 7.34. The summed E-state index contributed by atoms with van der Waals surface area (Å²) >= 11 is 0. The van der Waals surface area contributed by atoms with Gasteiger partial charge in [-0.05, 0) is 63.4 Å².